The van der Waals surface area contributed by atoms with Crippen LogP contribution >= 0.6 is 0 Å². The minimum absolute atomic E-state index is 0.0208. The molecule has 1 aliphatic rings. The maximum atomic E-state index is 12.6. The summed E-state index contributed by atoms with van der Waals surface area (Å²) in [6.45, 7) is 4.98. The van der Waals surface area contributed by atoms with Gasteiger partial charge in [-0.2, -0.15) is 0 Å². The van der Waals surface area contributed by atoms with Gasteiger partial charge in [0.15, 0.2) is 0 Å². The zero-order valence-corrected chi connectivity index (χ0v) is 11.9. The van der Waals surface area contributed by atoms with Crippen molar-refractivity contribution < 1.29 is 9.53 Å². The Kier molecular flexibility index (Phi) is 4.53. The first-order valence-electron chi connectivity index (χ1n) is 6.91. The Morgan fingerprint density at radius 2 is 2.26 bits per heavy atom. The number of carbonyl (C=O) groups excluding carboxylic acids is 1. The highest BCUT2D eigenvalue weighted by Crippen LogP contribution is 2.28. The number of rotatable bonds is 3. The van der Waals surface area contributed by atoms with E-state index in [0.29, 0.717) is 11.7 Å². The number of aromatic nitrogens is 1. The molecule has 0 spiro atoms. The second-order valence-corrected chi connectivity index (χ2v) is 5.41. The minimum Gasteiger partial charge on any atom is -0.377 e. The Bertz CT molecular complexity index is 419. The van der Waals surface area contributed by atoms with E-state index in [4.69, 9.17) is 4.74 Å². The van der Waals surface area contributed by atoms with E-state index in [1.807, 2.05) is 18.2 Å². The van der Waals surface area contributed by atoms with E-state index < -0.39 is 0 Å². The lowest BCUT2D eigenvalue weighted by atomic mass is 9.86. The molecule has 1 aromatic heterocycles. The Morgan fingerprint density at radius 1 is 1.47 bits per heavy atom. The van der Waals surface area contributed by atoms with E-state index in [9.17, 15) is 4.79 Å². The van der Waals surface area contributed by atoms with Gasteiger partial charge >= 0.3 is 0 Å². The average molecular weight is 262 g/mol. The maximum Gasteiger partial charge on any atom is 0.233 e. The van der Waals surface area contributed by atoms with Crippen LogP contribution in [0, 0.1) is 11.8 Å². The zero-order chi connectivity index (χ0) is 13.8. The average Bonchev–Trinajstić information content (AvgIpc) is 2.46. The molecule has 1 aromatic rings. The zero-order valence-electron chi connectivity index (χ0n) is 11.9. The first kappa shape index (κ1) is 14.0. The number of anilines is 1. The number of nitrogens with zero attached hydrogens (tertiary/aromatic N) is 2. The van der Waals surface area contributed by atoms with Crippen molar-refractivity contribution in [3.63, 3.8) is 0 Å². The van der Waals surface area contributed by atoms with Crippen LogP contribution in [0.1, 0.15) is 26.7 Å². The molecule has 1 aliphatic heterocycles. The van der Waals surface area contributed by atoms with Crippen LogP contribution in [0.2, 0.25) is 0 Å². The molecular weight excluding hydrogens is 240 g/mol. The van der Waals surface area contributed by atoms with Gasteiger partial charge in [-0.25, -0.2) is 4.98 Å². The van der Waals surface area contributed by atoms with Gasteiger partial charge in [0.25, 0.3) is 0 Å². The predicted molar refractivity (Wildman–Crippen MR) is 74.9 cm³/mol. The van der Waals surface area contributed by atoms with Crippen LogP contribution in [0.25, 0.3) is 0 Å². The molecule has 0 radical (unpaired) electrons. The second-order valence-electron chi connectivity index (χ2n) is 5.41. The summed E-state index contributed by atoms with van der Waals surface area (Å²) in [4.78, 5) is 18.5. The standard InChI is InChI=1S/C15H22N2O2/c1-11(2)14-12(7-6-10-19-14)15(18)17(3)13-8-4-5-9-16-13/h4-5,8-9,11-12,14H,6-7,10H2,1-3H3/t12-,14+/m0/s1. The van der Waals surface area contributed by atoms with Gasteiger partial charge in [0.2, 0.25) is 5.91 Å². The fraction of sp³-hybridized carbons (Fsp3) is 0.600. The molecule has 19 heavy (non-hydrogen) atoms. The summed E-state index contributed by atoms with van der Waals surface area (Å²) in [7, 11) is 1.79. The quantitative estimate of drug-likeness (QED) is 0.840. The van der Waals surface area contributed by atoms with Crippen molar-refractivity contribution in [1.29, 1.82) is 0 Å². The first-order chi connectivity index (χ1) is 9.11. The molecule has 4 heteroatoms. The van der Waals surface area contributed by atoms with Gasteiger partial charge in [-0.3, -0.25) is 9.69 Å². The van der Waals surface area contributed by atoms with Gasteiger partial charge in [0.1, 0.15) is 5.82 Å². The van der Waals surface area contributed by atoms with Gasteiger partial charge in [-0.05, 0) is 30.9 Å². The Hall–Kier alpha value is -1.42. The summed E-state index contributed by atoms with van der Waals surface area (Å²) in [5.74, 6) is 1.10. The molecule has 0 N–H and O–H groups in total. The van der Waals surface area contributed by atoms with Crippen molar-refractivity contribution >= 4 is 11.7 Å². The number of carbonyl (C=O) groups is 1. The lowest BCUT2D eigenvalue weighted by Gasteiger charge is -2.35. The van der Waals surface area contributed by atoms with Crippen LogP contribution in [-0.4, -0.2) is 30.6 Å². The molecule has 1 saturated heterocycles. The molecule has 0 aromatic carbocycles. The van der Waals surface area contributed by atoms with Crippen LogP contribution in [0.5, 0.6) is 0 Å². The number of amides is 1. The van der Waals surface area contributed by atoms with Crippen LogP contribution in [0.15, 0.2) is 24.4 Å². The van der Waals surface area contributed by atoms with Gasteiger partial charge in [0.05, 0.1) is 12.0 Å². The fourth-order valence-corrected chi connectivity index (χ4v) is 2.64. The first-order valence-corrected chi connectivity index (χ1v) is 6.91. The number of pyridine rings is 1. The summed E-state index contributed by atoms with van der Waals surface area (Å²) < 4.78 is 5.79. The Balaban J connectivity index is 2.13. The van der Waals surface area contributed by atoms with Crippen LogP contribution in [0.4, 0.5) is 5.82 Å². The molecular formula is C15H22N2O2. The van der Waals surface area contributed by atoms with Gasteiger partial charge in [-0.15, -0.1) is 0 Å². The summed E-state index contributed by atoms with van der Waals surface area (Å²) in [6, 6.07) is 5.60. The maximum absolute atomic E-state index is 12.6. The molecule has 0 unspecified atom stereocenters. The molecule has 2 atom stereocenters. The molecule has 0 bridgehead atoms. The molecule has 0 saturated carbocycles. The summed E-state index contributed by atoms with van der Waals surface area (Å²) in [5.41, 5.74) is 0. The van der Waals surface area contributed by atoms with Gasteiger partial charge in [-0.1, -0.05) is 19.9 Å². The van der Waals surface area contributed by atoms with Crippen molar-refractivity contribution in [3.8, 4) is 0 Å². The number of hydrogen-bond acceptors (Lipinski definition) is 3. The highest BCUT2D eigenvalue weighted by molar-refractivity contribution is 5.94. The highest BCUT2D eigenvalue weighted by Gasteiger charge is 2.35. The van der Waals surface area contributed by atoms with E-state index >= 15 is 0 Å². The Morgan fingerprint density at radius 3 is 2.89 bits per heavy atom. The third kappa shape index (κ3) is 3.13. The third-order valence-electron chi connectivity index (χ3n) is 3.66. The third-order valence-corrected chi connectivity index (χ3v) is 3.66. The summed E-state index contributed by atoms with van der Waals surface area (Å²) >= 11 is 0. The monoisotopic (exact) mass is 262 g/mol. The molecule has 4 nitrogen and oxygen atoms in total. The van der Waals surface area contributed by atoms with E-state index in [0.717, 1.165) is 19.4 Å². The molecule has 104 valence electrons. The van der Waals surface area contributed by atoms with E-state index in [2.05, 4.69) is 18.8 Å². The molecule has 1 fully saturated rings. The van der Waals surface area contributed by atoms with Crippen LogP contribution < -0.4 is 4.90 Å². The van der Waals surface area contributed by atoms with Crippen LogP contribution in [-0.2, 0) is 9.53 Å². The lowest BCUT2D eigenvalue weighted by molar-refractivity contribution is -0.134. The second kappa shape index (κ2) is 6.15. The van der Waals surface area contributed by atoms with Gasteiger partial charge < -0.3 is 4.74 Å². The van der Waals surface area contributed by atoms with Crippen LogP contribution in [0.3, 0.4) is 0 Å². The fourth-order valence-electron chi connectivity index (χ4n) is 2.64. The molecule has 0 aliphatic carbocycles. The molecule has 2 rings (SSSR count). The summed E-state index contributed by atoms with van der Waals surface area (Å²) in [5, 5.41) is 0. The number of hydrogen-bond donors (Lipinski definition) is 0. The molecule has 1 amide bonds. The van der Waals surface area contributed by atoms with Crippen molar-refractivity contribution in [3.05, 3.63) is 24.4 Å². The smallest absolute Gasteiger partial charge is 0.233 e. The van der Waals surface area contributed by atoms with Crippen molar-refractivity contribution in [2.75, 3.05) is 18.6 Å². The predicted octanol–water partition coefficient (Wildman–Crippen LogP) is 2.50. The van der Waals surface area contributed by atoms with E-state index in [1.54, 1.807) is 18.1 Å². The van der Waals surface area contributed by atoms with Gasteiger partial charge in [0, 0.05) is 19.9 Å². The lowest BCUT2D eigenvalue weighted by Crippen LogP contribution is -2.44. The van der Waals surface area contributed by atoms with E-state index in [-0.39, 0.29) is 17.9 Å². The normalized spacial score (nSPS) is 23.4. The largest absolute Gasteiger partial charge is 0.377 e. The highest BCUT2D eigenvalue weighted by atomic mass is 16.5. The van der Waals surface area contributed by atoms with E-state index in [1.165, 1.54) is 0 Å². The van der Waals surface area contributed by atoms with Crippen molar-refractivity contribution in [2.45, 2.75) is 32.8 Å². The summed E-state index contributed by atoms with van der Waals surface area (Å²) in [6.07, 6.45) is 3.58. The number of ether oxygens (including phenoxy) is 1. The SMILES string of the molecule is CC(C)[C@H]1OCCC[C@@H]1C(=O)N(C)c1ccccn1. The topological polar surface area (TPSA) is 42.4 Å². The van der Waals surface area contributed by atoms with Crippen molar-refractivity contribution in [2.24, 2.45) is 11.8 Å². The molecule has 2 heterocycles. The van der Waals surface area contributed by atoms with Crippen molar-refractivity contribution in [1.82, 2.24) is 4.98 Å². The Labute approximate surface area is 114 Å². The minimum atomic E-state index is -0.0549.